The Morgan fingerprint density at radius 3 is 3.00 bits per heavy atom. The van der Waals surface area contributed by atoms with Gasteiger partial charge in [-0.2, -0.15) is 0 Å². The van der Waals surface area contributed by atoms with E-state index in [0.717, 1.165) is 17.7 Å². The maximum absolute atomic E-state index is 11.5. The summed E-state index contributed by atoms with van der Waals surface area (Å²) in [7, 11) is 0. The van der Waals surface area contributed by atoms with E-state index >= 15 is 0 Å². The second kappa shape index (κ2) is 4.05. The third-order valence-electron chi connectivity index (χ3n) is 2.13. The summed E-state index contributed by atoms with van der Waals surface area (Å²) in [5, 5.41) is 0. The van der Waals surface area contributed by atoms with E-state index in [1.807, 2.05) is 24.3 Å². The van der Waals surface area contributed by atoms with Crippen LogP contribution in [-0.4, -0.2) is 11.4 Å². The number of benzene rings is 1. The number of hydrogen-bond acceptors (Lipinski definition) is 3. The van der Waals surface area contributed by atoms with Crippen molar-refractivity contribution in [2.45, 2.75) is 30.1 Å². The summed E-state index contributed by atoms with van der Waals surface area (Å²) in [6.07, 6.45) is 1.96. The predicted octanol–water partition coefficient (Wildman–Crippen LogP) is 3.08. The number of esters is 1. The molecule has 2 rings (SSSR count). The molecule has 1 aliphatic rings. The van der Waals surface area contributed by atoms with Gasteiger partial charge in [0.25, 0.3) is 0 Å². The lowest BCUT2D eigenvalue weighted by Crippen LogP contribution is -2.20. The molecular weight excluding hydrogens is 196 g/mol. The Balaban J connectivity index is 2.24. The van der Waals surface area contributed by atoms with Gasteiger partial charge >= 0.3 is 5.97 Å². The molecule has 2 nitrogen and oxygen atoms in total. The van der Waals surface area contributed by atoms with Crippen molar-refractivity contribution in [3.8, 4) is 0 Å². The van der Waals surface area contributed by atoms with Gasteiger partial charge in [-0.05, 0) is 18.6 Å². The van der Waals surface area contributed by atoms with Crippen LogP contribution in [0.15, 0.2) is 29.2 Å². The minimum absolute atomic E-state index is 0.00222. The Kier molecular flexibility index (Phi) is 2.77. The number of cyclic esters (lactones) is 1. The fraction of sp³-hybridized carbons (Fsp3) is 0.364. The van der Waals surface area contributed by atoms with Crippen LogP contribution in [0.5, 0.6) is 0 Å². The Bertz CT molecular complexity index is 349. The summed E-state index contributed by atoms with van der Waals surface area (Å²) in [5.41, 5.74) is 0.701. The van der Waals surface area contributed by atoms with Crippen LogP contribution in [0.25, 0.3) is 0 Å². The SMILES string of the molecule is CCCC1OC(=O)c2ccccc2S1. The van der Waals surface area contributed by atoms with Crippen molar-refractivity contribution in [3.05, 3.63) is 29.8 Å². The van der Waals surface area contributed by atoms with Crippen molar-refractivity contribution in [2.24, 2.45) is 0 Å². The molecule has 0 N–H and O–H groups in total. The van der Waals surface area contributed by atoms with Crippen molar-refractivity contribution in [1.29, 1.82) is 0 Å². The van der Waals surface area contributed by atoms with Crippen molar-refractivity contribution >= 4 is 17.7 Å². The number of carbonyl (C=O) groups excluding carboxylic acids is 1. The number of rotatable bonds is 2. The Morgan fingerprint density at radius 1 is 1.43 bits per heavy atom. The average molecular weight is 208 g/mol. The lowest BCUT2D eigenvalue weighted by molar-refractivity contribution is 0.0430. The lowest BCUT2D eigenvalue weighted by Gasteiger charge is -2.23. The van der Waals surface area contributed by atoms with Gasteiger partial charge in [0.1, 0.15) is 0 Å². The molecule has 0 aliphatic carbocycles. The normalized spacial score (nSPS) is 20.1. The fourth-order valence-electron chi connectivity index (χ4n) is 1.44. The monoisotopic (exact) mass is 208 g/mol. The van der Waals surface area contributed by atoms with Crippen LogP contribution in [-0.2, 0) is 4.74 Å². The van der Waals surface area contributed by atoms with Gasteiger partial charge in [0.15, 0.2) is 5.44 Å². The third kappa shape index (κ3) is 1.77. The molecular formula is C11H12O2S. The molecule has 0 aromatic heterocycles. The molecule has 1 aliphatic heterocycles. The highest BCUT2D eigenvalue weighted by atomic mass is 32.2. The predicted molar refractivity (Wildman–Crippen MR) is 56.4 cm³/mol. The largest absolute Gasteiger partial charge is 0.447 e. The van der Waals surface area contributed by atoms with Crippen molar-refractivity contribution in [3.63, 3.8) is 0 Å². The standard InChI is InChI=1S/C11H12O2S/c1-2-5-10-13-11(12)8-6-3-4-7-9(8)14-10/h3-4,6-7,10H,2,5H2,1H3. The maximum Gasteiger partial charge on any atom is 0.340 e. The highest BCUT2D eigenvalue weighted by Gasteiger charge is 2.25. The molecule has 1 aromatic carbocycles. The molecule has 0 saturated heterocycles. The second-order valence-corrected chi connectivity index (χ2v) is 4.44. The zero-order valence-corrected chi connectivity index (χ0v) is 8.84. The summed E-state index contributed by atoms with van der Waals surface area (Å²) in [4.78, 5) is 12.6. The van der Waals surface area contributed by atoms with Gasteiger partial charge in [0.2, 0.25) is 0 Å². The van der Waals surface area contributed by atoms with E-state index in [2.05, 4.69) is 6.92 Å². The van der Waals surface area contributed by atoms with Gasteiger partial charge in [-0.1, -0.05) is 37.2 Å². The number of fused-ring (bicyclic) bond motifs is 1. The summed E-state index contributed by atoms with van der Waals surface area (Å²) in [5.74, 6) is -0.183. The van der Waals surface area contributed by atoms with Crippen molar-refractivity contribution in [2.75, 3.05) is 0 Å². The Morgan fingerprint density at radius 2 is 2.21 bits per heavy atom. The highest BCUT2D eigenvalue weighted by Crippen LogP contribution is 2.35. The van der Waals surface area contributed by atoms with E-state index in [-0.39, 0.29) is 11.4 Å². The highest BCUT2D eigenvalue weighted by molar-refractivity contribution is 8.00. The van der Waals surface area contributed by atoms with E-state index in [4.69, 9.17) is 4.74 Å². The molecule has 0 amide bonds. The molecule has 0 bridgehead atoms. The van der Waals surface area contributed by atoms with Crippen LogP contribution in [0.1, 0.15) is 30.1 Å². The molecule has 14 heavy (non-hydrogen) atoms. The first kappa shape index (κ1) is 9.59. The first-order valence-corrected chi connectivity index (χ1v) is 5.66. The van der Waals surface area contributed by atoms with Crippen LogP contribution in [0.4, 0.5) is 0 Å². The van der Waals surface area contributed by atoms with Crippen LogP contribution in [0.2, 0.25) is 0 Å². The molecule has 0 saturated carbocycles. The minimum Gasteiger partial charge on any atom is -0.447 e. The van der Waals surface area contributed by atoms with E-state index in [1.54, 1.807) is 11.8 Å². The number of ether oxygens (including phenoxy) is 1. The number of thioether (sulfide) groups is 1. The molecule has 1 unspecified atom stereocenters. The Labute approximate surface area is 87.6 Å². The zero-order valence-electron chi connectivity index (χ0n) is 8.03. The molecule has 3 heteroatoms. The lowest BCUT2D eigenvalue weighted by atomic mass is 10.2. The number of hydrogen-bond donors (Lipinski definition) is 0. The van der Waals surface area contributed by atoms with Gasteiger partial charge in [-0.25, -0.2) is 4.79 Å². The van der Waals surface area contributed by atoms with Crippen LogP contribution in [0, 0.1) is 0 Å². The minimum atomic E-state index is -0.183. The first-order valence-electron chi connectivity index (χ1n) is 4.78. The molecule has 1 heterocycles. The average Bonchev–Trinajstić information content (AvgIpc) is 2.18. The molecule has 0 spiro atoms. The van der Waals surface area contributed by atoms with E-state index in [0.29, 0.717) is 5.56 Å². The summed E-state index contributed by atoms with van der Waals surface area (Å²) in [6.45, 7) is 2.09. The third-order valence-corrected chi connectivity index (χ3v) is 3.33. The van der Waals surface area contributed by atoms with Crippen molar-refractivity contribution < 1.29 is 9.53 Å². The summed E-state index contributed by atoms with van der Waals surface area (Å²) >= 11 is 1.64. The van der Waals surface area contributed by atoms with Crippen molar-refractivity contribution in [1.82, 2.24) is 0 Å². The smallest absolute Gasteiger partial charge is 0.340 e. The van der Waals surface area contributed by atoms with E-state index < -0.39 is 0 Å². The Hall–Kier alpha value is -0.960. The van der Waals surface area contributed by atoms with Gasteiger partial charge < -0.3 is 4.74 Å². The van der Waals surface area contributed by atoms with E-state index in [1.165, 1.54) is 0 Å². The zero-order chi connectivity index (χ0) is 9.97. The van der Waals surface area contributed by atoms with Crippen LogP contribution >= 0.6 is 11.8 Å². The molecule has 1 atom stereocenters. The molecule has 74 valence electrons. The first-order chi connectivity index (χ1) is 6.81. The molecule has 0 radical (unpaired) electrons. The molecule has 0 fully saturated rings. The van der Waals surface area contributed by atoms with Crippen LogP contribution in [0.3, 0.4) is 0 Å². The topological polar surface area (TPSA) is 26.3 Å². The summed E-state index contributed by atoms with van der Waals surface area (Å²) in [6, 6.07) is 7.60. The van der Waals surface area contributed by atoms with Gasteiger partial charge in [-0.15, -0.1) is 0 Å². The van der Waals surface area contributed by atoms with Gasteiger partial charge in [-0.3, -0.25) is 0 Å². The maximum atomic E-state index is 11.5. The van der Waals surface area contributed by atoms with Crippen LogP contribution < -0.4 is 0 Å². The summed E-state index contributed by atoms with van der Waals surface area (Å²) < 4.78 is 5.28. The number of carbonyl (C=O) groups is 1. The van der Waals surface area contributed by atoms with Gasteiger partial charge in [0, 0.05) is 4.90 Å². The second-order valence-electron chi connectivity index (χ2n) is 3.24. The van der Waals surface area contributed by atoms with Gasteiger partial charge in [0.05, 0.1) is 5.56 Å². The quantitative estimate of drug-likeness (QED) is 0.699. The molecule has 1 aromatic rings. The fourth-order valence-corrected chi connectivity index (χ4v) is 2.65. The van der Waals surface area contributed by atoms with E-state index in [9.17, 15) is 4.79 Å².